The lowest BCUT2D eigenvalue weighted by Gasteiger charge is -2.14. The van der Waals surface area contributed by atoms with Crippen LogP contribution in [0.5, 0.6) is 0 Å². The second-order valence-corrected chi connectivity index (χ2v) is 8.02. The smallest absolute Gasteiger partial charge is 0.379 e. The molecular weight excluding hydrogens is 423 g/mol. The molecular formula is C21H18F3N7O. The number of carbonyl (C=O) groups is 1. The fourth-order valence-corrected chi connectivity index (χ4v) is 3.30. The first-order chi connectivity index (χ1) is 15.3. The van der Waals surface area contributed by atoms with E-state index in [4.69, 9.17) is 5.26 Å². The summed E-state index contributed by atoms with van der Waals surface area (Å²) in [6, 6.07) is 6.81. The van der Waals surface area contributed by atoms with Gasteiger partial charge >= 0.3 is 6.18 Å². The standard InChI is InChI=1S/C21H18F3N7O/c22-21(23,24)12-5-11(9-25)6-15(7-12)28-18-8-16(27-13-1-2-13)19-26-10-17(31(19)30-18)20(32)29-14-3-4-14/h5-8,10,13-14,27H,1-4H2,(H,28,30)(H,29,32). The number of hydrogen-bond donors (Lipinski definition) is 3. The molecule has 5 rings (SSSR count). The van der Waals surface area contributed by atoms with Crippen molar-refractivity contribution in [3.8, 4) is 6.07 Å². The number of halogens is 3. The third-order valence-electron chi connectivity index (χ3n) is 5.21. The fourth-order valence-electron chi connectivity index (χ4n) is 3.30. The average Bonchev–Trinajstić information content (AvgIpc) is 3.67. The van der Waals surface area contributed by atoms with Crippen LogP contribution in [0.1, 0.15) is 47.3 Å². The van der Waals surface area contributed by atoms with Crippen molar-refractivity contribution in [2.75, 3.05) is 10.6 Å². The van der Waals surface area contributed by atoms with Gasteiger partial charge in [0.2, 0.25) is 0 Å². The Balaban J connectivity index is 1.54. The second-order valence-electron chi connectivity index (χ2n) is 8.02. The lowest BCUT2D eigenvalue weighted by molar-refractivity contribution is -0.137. The number of fused-ring (bicyclic) bond motifs is 1. The van der Waals surface area contributed by atoms with Gasteiger partial charge < -0.3 is 16.0 Å². The summed E-state index contributed by atoms with van der Waals surface area (Å²) in [5, 5.41) is 22.6. The minimum absolute atomic E-state index is 0.0599. The van der Waals surface area contributed by atoms with E-state index in [2.05, 4.69) is 26.0 Å². The van der Waals surface area contributed by atoms with Crippen LogP contribution in [0.3, 0.4) is 0 Å². The number of anilines is 3. The number of benzene rings is 1. The van der Waals surface area contributed by atoms with Crippen molar-refractivity contribution >= 4 is 28.7 Å². The lowest BCUT2D eigenvalue weighted by atomic mass is 10.1. The number of nitriles is 1. The molecule has 2 aliphatic rings. The number of rotatable bonds is 6. The number of carbonyl (C=O) groups excluding carboxylic acids is 1. The Kier molecular flexibility index (Phi) is 4.65. The molecule has 32 heavy (non-hydrogen) atoms. The summed E-state index contributed by atoms with van der Waals surface area (Å²) in [6.07, 6.45) is 0.665. The van der Waals surface area contributed by atoms with Crippen LogP contribution >= 0.6 is 0 Å². The molecule has 0 bridgehead atoms. The maximum absolute atomic E-state index is 13.2. The normalized spacial score (nSPS) is 15.9. The van der Waals surface area contributed by atoms with Crippen LogP contribution in [0.4, 0.5) is 30.4 Å². The third kappa shape index (κ3) is 4.16. The van der Waals surface area contributed by atoms with E-state index in [9.17, 15) is 18.0 Å². The Morgan fingerprint density at radius 2 is 1.88 bits per heavy atom. The molecule has 0 atom stereocenters. The molecule has 0 aliphatic heterocycles. The molecule has 8 nitrogen and oxygen atoms in total. The highest BCUT2D eigenvalue weighted by Crippen LogP contribution is 2.34. The maximum atomic E-state index is 13.2. The predicted molar refractivity (Wildman–Crippen MR) is 110 cm³/mol. The Bertz CT molecular complexity index is 1250. The van der Waals surface area contributed by atoms with E-state index in [-0.39, 0.29) is 40.8 Å². The first-order valence-corrected chi connectivity index (χ1v) is 10.2. The van der Waals surface area contributed by atoms with E-state index < -0.39 is 11.7 Å². The zero-order chi connectivity index (χ0) is 22.5. The monoisotopic (exact) mass is 441 g/mol. The number of nitrogens with one attached hydrogen (secondary N) is 3. The van der Waals surface area contributed by atoms with Gasteiger partial charge in [-0.3, -0.25) is 4.79 Å². The Morgan fingerprint density at radius 1 is 1.12 bits per heavy atom. The van der Waals surface area contributed by atoms with Crippen LogP contribution in [-0.2, 0) is 6.18 Å². The SMILES string of the molecule is N#Cc1cc(Nc2cc(NC3CC3)c3ncc(C(=O)NC4CC4)n3n2)cc(C(F)(F)F)c1. The van der Waals surface area contributed by atoms with E-state index >= 15 is 0 Å². The number of aromatic nitrogens is 3. The summed E-state index contributed by atoms with van der Waals surface area (Å²) in [7, 11) is 0. The molecule has 0 spiro atoms. The molecule has 2 saturated carbocycles. The molecule has 2 fully saturated rings. The molecule has 3 aromatic rings. The quantitative estimate of drug-likeness (QED) is 0.537. The highest BCUT2D eigenvalue weighted by molar-refractivity contribution is 5.94. The summed E-state index contributed by atoms with van der Waals surface area (Å²) in [5.74, 6) is -0.102. The van der Waals surface area contributed by atoms with Crippen molar-refractivity contribution < 1.29 is 18.0 Å². The van der Waals surface area contributed by atoms with Crippen molar-refractivity contribution in [2.45, 2.75) is 43.9 Å². The number of hydrogen-bond acceptors (Lipinski definition) is 6. The number of nitrogens with zero attached hydrogens (tertiary/aromatic N) is 4. The molecule has 3 N–H and O–H groups in total. The van der Waals surface area contributed by atoms with Gasteiger partial charge in [-0.05, 0) is 43.9 Å². The van der Waals surface area contributed by atoms with E-state index in [1.165, 1.54) is 16.8 Å². The first kappa shape index (κ1) is 20.1. The minimum atomic E-state index is -4.60. The van der Waals surface area contributed by atoms with E-state index in [0.717, 1.165) is 37.8 Å². The predicted octanol–water partition coefficient (Wildman–Crippen LogP) is 3.83. The van der Waals surface area contributed by atoms with Crippen LogP contribution in [0.15, 0.2) is 30.5 Å². The maximum Gasteiger partial charge on any atom is 0.416 e. The molecule has 2 aromatic heterocycles. The Labute approximate surface area is 180 Å². The van der Waals surface area contributed by atoms with Crippen molar-refractivity contribution in [1.29, 1.82) is 5.26 Å². The fraction of sp³-hybridized carbons (Fsp3) is 0.333. The van der Waals surface area contributed by atoms with Gasteiger partial charge in [-0.2, -0.15) is 18.4 Å². The van der Waals surface area contributed by atoms with Gasteiger partial charge in [-0.25, -0.2) is 9.50 Å². The first-order valence-electron chi connectivity index (χ1n) is 10.2. The molecule has 1 aromatic carbocycles. The molecule has 2 heterocycles. The van der Waals surface area contributed by atoms with Gasteiger partial charge in [-0.1, -0.05) is 0 Å². The highest BCUT2D eigenvalue weighted by atomic mass is 19.4. The third-order valence-corrected chi connectivity index (χ3v) is 5.21. The van der Waals surface area contributed by atoms with Gasteiger partial charge in [-0.15, -0.1) is 5.10 Å². The van der Waals surface area contributed by atoms with E-state index in [1.807, 2.05) is 0 Å². The topological polar surface area (TPSA) is 107 Å². The summed E-state index contributed by atoms with van der Waals surface area (Å²) < 4.78 is 41.1. The average molecular weight is 441 g/mol. The van der Waals surface area contributed by atoms with E-state index in [0.29, 0.717) is 11.3 Å². The summed E-state index contributed by atoms with van der Waals surface area (Å²) in [4.78, 5) is 16.9. The van der Waals surface area contributed by atoms with Crippen LogP contribution in [0.2, 0.25) is 0 Å². The number of amides is 1. The lowest BCUT2D eigenvalue weighted by Crippen LogP contribution is -2.27. The van der Waals surface area contributed by atoms with Gasteiger partial charge in [0.1, 0.15) is 0 Å². The van der Waals surface area contributed by atoms with Crippen LogP contribution in [0, 0.1) is 11.3 Å². The molecule has 0 saturated heterocycles. The van der Waals surface area contributed by atoms with Crippen molar-refractivity contribution in [3.63, 3.8) is 0 Å². The van der Waals surface area contributed by atoms with E-state index in [1.54, 1.807) is 12.1 Å². The Hall–Kier alpha value is -3.81. The summed E-state index contributed by atoms with van der Waals surface area (Å²) in [6.45, 7) is 0. The van der Waals surface area contributed by atoms with Crippen molar-refractivity contribution in [3.05, 3.63) is 47.3 Å². The van der Waals surface area contributed by atoms with Crippen LogP contribution < -0.4 is 16.0 Å². The van der Waals surface area contributed by atoms with Crippen LogP contribution in [-0.4, -0.2) is 32.6 Å². The number of imidazole rings is 1. The summed E-state index contributed by atoms with van der Waals surface area (Å²) >= 11 is 0. The molecule has 2 aliphatic carbocycles. The Morgan fingerprint density at radius 3 is 2.53 bits per heavy atom. The second kappa shape index (κ2) is 7.40. The number of alkyl halides is 3. The zero-order valence-corrected chi connectivity index (χ0v) is 16.7. The molecule has 164 valence electrons. The molecule has 0 radical (unpaired) electrons. The zero-order valence-electron chi connectivity index (χ0n) is 16.7. The molecule has 0 unspecified atom stereocenters. The largest absolute Gasteiger partial charge is 0.416 e. The highest BCUT2D eigenvalue weighted by Gasteiger charge is 2.31. The summed E-state index contributed by atoms with van der Waals surface area (Å²) in [5.41, 5.74) is 0.282. The van der Waals surface area contributed by atoms with Gasteiger partial charge in [0.05, 0.1) is 29.1 Å². The van der Waals surface area contributed by atoms with Gasteiger partial charge in [0.25, 0.3) is 5.91 Å². The van der Waals surface area contributed by atoms with Crippen LogP contribution in [0.25, 0.3) is 5.65 Å². The van der Waals surface area contributed by atoms with Crippen molar-refractivity contribution in [2.24, 2.45) is 0 Å². The molecule has 1 amide bonds. The van der Waals surface area contributed by atoms with Gasteiger partial charge in [0.15, 0.2) is 17.2 Å². The minimum Gasteiger partial charge on any atom is -0.379 e. The van der Waals surface area contributed by atoms with Crippen molar-refractivity contribution in [1.82, 2.24) is 19.9 Å². The van der Waals surface area contributed by atoms with Gasteiger partial charge in [0, 0.05) is 23.8 Å². The molecule has 11 heteroatoms.